The van der Waals surface area contributed by atoms with E-state index in [1.165, 1.54) is 32.4 Å². The maximum Gasteiger partial charge on any atom is 0.236 e. The Kier molecular flexibility index (Phi) is 14.5. The Morgan fingerprint density at radius 2 is 1.23 bits per heavy atom. The van der Waals surface area contributed by atoms with E-state index in [2.05, 4.69) is 14.9 Å². The van der Waals surface area contributed by atoms with Gasteiger partial charge in [0, 0.05) is 42.3 Å². The van der Waals surface area contributed by atoms with E-state index < -0.39 is 0 Å². The first-order valence-corrected chi connectivity index (χ1v) is 17.6. The molecule has 0 unspecified atom stereocenters. The number of nitrogens with zero attached hydrogens (tertiary/aromatic N) is 5. The minimum atomic E-state index is 0.0523. The van der Waals surface area contributed by atoms with Crippen molar-refractivity contribution in [3.63, 3.8) is 0 Å². The van der Waals surface area contributed by atoms with E-state index in [9.17, 15) is 9.59 Å². The number of hydrogen-bond acceptors (Lipinski definition) is 7. The fourth-order valence-corrected chi connectivity index (χ4v) is 6.71. The SMILES string of the molecule is CC.CC.Cc1nc(CC(=O)N2CCC(N3CCCCC3)CC2)cs1.Cc1nc(CC(=O)n2cc3ccccc3c2)cs1. The van der Waals surface area contributed by atoms with E-state index in [0.717, 1.165) is 58.1 Å². The number of aryl methyl sites for hydroxylation is 2. The second-order valence-corrected chi connectivity index (χ2v) is 12.6. The Morgan fingerprint density at radius 1 is 0.744 bits per heavy atom. The maximum absolute atomic E-state index is 12.3. The summed E-state index contributed by atoms with van der Waals surface area (Å²) in [5.74, 6) is 0.300. The Balaban J connectivity index is 0.000000213. The minimum absolute atomic E-state index is 0.0523. The highest BCUT2D eigenvalue weighted by Gasteiger charge is 2.27. The Labute approximate surface area is 266 Å². The standard InChI is InChI=1S/C16H25N3OS.C14H12N2OS.2C2H6/c1-13-17-14(12-21-13)11-16(20)19-9-5-15(6-10-19)18-7-3-2-4-8-18;1-10-15-13(9-18-10)6-14(17)16-7-11-4-2-3-5-12(11)8-16;2*1-2/h12,15H,2-11H2,1H3;2-5,7-9H,6H2,1H3;2*1-2H3. The molecule has 2 aliphatic heterocycles. The second kappa shape index (κ2) is 18.0. The first kappa shape index (κ1) is 34.6. The van der Waals surface area contributed by atoms with Gasteiger partial charge in [-0.1, -0.05) is 58.4 Å². The van der Waals surface area contributed by atoms with E-state index in [-0.39, 0.29) is 11.8 Å². The number of piperidine rings is 2. The van der Waals surface area contributed by atoms with E-state index >= 15 is 0 Å². The Morgan fingerprint density at radius 3 is 1.70 bits per heavy atom. The van der Waals surface area contributed by atoms with Crippen molar-refractivity contribution in [3.8, 4) is 0 Å². The zero-order valence-corrected chi connectivity index (χ0v) is 28.5. The summed E-state index contributed by atoms with van der Waals surface area (Å²) < 4.78 is 1.65. The third kappa shape index (κ3) is 10.4. The molecule has 2 fully saturated rings. The lowest BCUT2D eigenvalue weighted by Gasteiger charge is -2.40. The molecule has 2 saturated heterocycles. The van der Waals surface area contributed by atoms with Crippen molar-refractivity contribution in [3.05, 3.63) is 68.8 Å². The van der Waals surface area contributed by atoms with Gasteiger partial charge in [-0.15, -0.1) is 22.7 Å². The van der Waals surface area contributed by atoms with E-state index in [4.69, 9.17) is 0 Å². The molecule has 7 nitrogen and oxygen atoms in total. The molecule has 5 heterocycles. The number of carbonyl (C=O) groups is 2. The van der Waals surface area contributed by atoms with Crippen LogP contribution < -0.4 is 0 Å². The summed E-state index contributed by atoms with van der Waals surface area (Å²) in [6.45, 7) is 16.3. The lowest BCUT2D eigenvalue weighted by atomic mass is 9.99. The van der Waals surface area contributed by atoms with Crippen molar-refractivity contribution in [2.24, 2.45) is 0 Å². The van der Waals surface area contributed by atoms with Gasteiger partial charge in [-0.2, -0.15) is 0 Å². The summed E-state index contributed by atoms with van der Waals surface area (Å²) in [6.07, 6.45) is 10.9. The highest BCUT2D eigenvalue weighted by molar-refractivity contribution is 7.09. The fourth-order valence-electron chi connectivity index (χ4n) is 5.48. The molecule has 234 valence electrons. The number of amides is 1. The normalized spacial score (nSPS) is 15.4. The van der Waals surface area contributed by atoms with E-state index in [1.54, 1.807) is 27.2 Å². The summed E-state index contributed by atoms with van der Waals surface area (Å²) >= 11 is 3.20. The van der Waals surface area contributed by atoms with Crippen LogP contribution in [0.3, 0.4) is 0 Å². The smallest absolute Gasteiger partial charge is 0.236 e. The van der Waals surface area contributed by atoms with Crippen LogP contribution in [-0.4, -0.2) is 68.4 Å². The van der Waals surface area contributed by atoms with Crippen molar-refractivity contribution in [2.75, 3.05) is 26.2 Å². The van der Waals surface area contributed by atoms with Crippen LogP contribution in [0.1, 0.15) is 86.0 Å². The van der Waals surface area contributed by atoms with Gasteiger partial charge in [-0.3, -0.25) is 14.2 Å². The summed E-state index contributed by atoms with van der Waals surface area (Å²) in [5, 5.41) is 8.15. The predicted octanol–water partition coefficient (Wildman–Crippen LogP) is 7.81. The van der Waals surface area contributed by atoms with Crippen LogP contribution in [-0.2, 0) is 17.6 Å². The van der Waals surface area contributed by atoms with Gasteiger partial charge >= 0.3 is 0 Å². The summed E-state index contributed by atoms with van der Waals surface area (Å²) in [6, 6.07) is 8.66. The van der Waals surface area contributed by atoms with Crippen LogP contribution in [0.15, 0.2) is 47.4 Å². The third-order valence-electron chi connectivity index (χ3n) is 7.56. The van der Waals surface area contributed by atoms with Gasteiger partial charge in [0.15, 0.2) is 0 Å². The Hall–Kier alpha value is -2.88. The van der Waals surface area contributed by atoms with Crippen molar-refractivity contribution in [1.82, 2.24) is 24.3 Å². The lowest BCUT2D eigenvalue weighted by molar-refractivity contribution is -0.132. The molecule has 0 atom stereocenters. The number of carbonyl (C=O) groups excluding carboxylic acids is 2. The third-order valence-corrected chi connectivity index (χ3v) is 9.21. The highest BCUT2D eigenvalue weighted by atomic mass is 32.1. The molecule has 0 N–H and O–H groups in total. The molecule has 4 aromatic rings. The second-order valence-electron chi connectivity index (χ2n) is 10.5. The Bertz CT molecular complexity index is 1360. The van der Waals surface area contributed by atoms with Gasteiger partial charge in [-0.25, -0.2) is 9.97 Å². The largest absolute Gasteiger partial charge is 0.342 e. The molecule has 2 aliphatic rings. The monoisotopic (exact) mass is 623 g/mol. The zero-order chi connectivity index (χ0) is 31.2. The predicted molar refractivity (Wildman–Crippen MR) is 181 cm³/mol. The molecular formula is C34H49N5O2S2. The van der Waals surface area contributed by atoms with Gasteiger partial charge in [0.2, 0.25) is 11.8 Å². The molecule has 6 rings (SSSR count). The molecule has 3 aromatic heterocycles. The maximum atomic E-state index is 12.3. The van der Waals surface area contributed by atoms with Crippen LogP contribution in [0.2, 0.25) is 0 Å². The minimum Gasteiger partial charge on any atom is -0.342 e. The van der Waals surface area contributed by atoms with Crippen LogP contribution in [0.4, 0.5) is 0 Å². The number of fused-ring (bicyclic) bond motifs is 1. The number of benzene rings is 1. The topological polar surface area (TPSA) is 71.3 Å². The number of likely N-dealkylation sites (tertiary alicyclic amines) is 2. The van der Waals surface area contributed by atoms with Crippen LogP contribution in [0, 0.1) is 13.8 Å². The van der Waals surface area contributed by atoms with Gasteiger partial charge in [0.1, 0.15) is 0 Å². The van der Waals surface area contributed by atoms with Gasteiger partial charge in [-0.05, 0) is 63.4 Å². The van der Waals surface area contributed by atoms with Crippen LogP contribution >= 0.6 is 22.7 Å². The number of rotatable bonds is 5. The first-order chi connectivity index (χ1) is 20.9. The van der Waals surface area contributed by atoms with Crippen molar-refractivity contribution >= 4 is 45.3 Å². The van der Waals surface area contributed by atoms with Gasteiger partial charge in [0.25, 0.3) is 0 Å². The fraction of sp³-hybridized carbons (Fsp3) is 0.529. The zero-order valence-electron chi connectivity index (χ0n) is 26.8. The van der Waals surface area contributed by atoms with Gasteiger partial charge in [0.05, 0.1) is 34.2 Å². The van der Waals surface area contributed by atoms with Crippen molar-refractivity contribution in [2.45, 2.75) is 92.5 Å². The molecular weight excluding hydrogens is 575 g/mol. The lowest BCUT2D eigenvalue weighted by Crippen LogP contribution is -2.48. The average molecular weight is 624 g/mol. The molecule has 0 aliphatic carbocycles. The van der Waals surface area contributed by atoms with Crippen molar-refractivity contribution in [1.29, 1.82) is 0 Å². The number of thiazole rings is 2. The molecule has 0 saturated carbocycles. The molecule has 1 amide bonds. The first-order valence-electron chi connectivity index (χ1n) is 15.9. The molecule has 0 bridgehead atoms. The molecule has 9 heteroatoms. The quantitative estimate of drug-likeness (QED) is 0.227. The number of aromatic nitrogens is 3. The van der Waals surface area contributed by atoms with Crippen molar-refractivity contribution < 1.29 is 9.59 Å². The summed E-state index contributed by atoms with van der Waals surface area (Å²) in [7, 11) is 0. The summed E-state index contributed by atoms with van der Waals surface area (Å²) in [5.41, 5.74) is 1.78. The van der Waals surface area contributed by atoms with Crippen LogP contribution in [0.5, 0.6) is 0 Å². The highest BCUT2D eigenvalue weighted by Crippen LogP contribution is 2.22. The number of hydrogen-bond donors (Lipinski definition) is 0. The van der Waals surface area contributed by atoms with E-state index in [1.807, 2.05) is 93.9 Å². The molecule has 0 spiro atoms. The average Bonchev–Trinajstić information content (AvgIpc) is 3.79. The van der Waals surface area contributed by atoms with Crippen LogP contribution in [0.25, 0.3) is 10.8 Å². The van der Waals surface area contributed by atoms with E-state index in [0.29, 0.717) is 18.9 Å². The summed E-state index contributed by atoms with van der Waals surface area (Å²) in [4.78, 5) is 37.9. The van der Waals surface area contributed by atoms with Gasteiger partial charge < -0.3 is 9.80 Å². The molecule has 1 aromatic carbocycles. The molecule has 0 radical (unpaired) electrons. The molecule has 43 heavy (non-hydrogen) atoms.